The molecule has 392 valence electrons. The van der Waals surface area contributed by atoms with Crippen molar-refractivity contribution in [2.24, 2.45) is 56.6 Å². The van der Waals surface area contributed by atoms with E-state index in [1.807, 2.05) is 12.1 Å². The van der Waals surface area contributed by atoms with Crippen LogP contribution in [0.3, 0.4) is 0 Å². The van der Waals surface area contributed by atoms with Crippen LogP contribution in [0.15, 0.2) is 67.4 Å². The second-order valence-electron chi connectivity index (χ2n) is 24.8. The van der Waals surface area contributed by atoms with Crippen molar-refractivity contribution in [3.8, 4) is 0 Å². The van der Waals surface area contributed by atoms with Gasteiger partial charge in [0.25, 0.3) is 11.8 Å². The third-order valence-corrected chi connectivity index (χ3v) is 17.2. The number of nitrogens with two attached hydrogens (primary N) is 4. The summed E-state index contributed by atoms with van der Waals surface area (Å²) < 4.78 is 12.0. The molecular weight excluding hydrogens is 897 g/mol. The van der Waals surface area contributed by atoms with Crippen molar-refractivity contribution in [2.75, 3.05) is 26.2 Å². The minimum atomic E-state index is -0.131. The molecule has 2 heterocycles. The number of carbonyl (C=O) groups excluding carboxylic acids is 2. The van der Waals surface area contributed by atoms with Crippen LogP contribution < -0.4 is 33.6 Å². The van der Waals surface area contributed by atoms with Crippen molar-refractivity contribution in [3.05, 3.63) is 116 Å². The van der Waals surface area contributed by atoms with Crippen molar-refractivity contribution in [1.82, 2.24) is 10.6 Å². The van der Waals surface area contributed by atoms with Crippen molar-refractivity contribution in [1.29, 1.82) is 0 Å². The van der Waals surface area contributed by atoms with E-state index in [9.17, 15) is 9.59 Å². The number of hydrogen-bond donors (Lipinski definition) is 6. The van der Waals surface area contributed by atoms with Crippen LogP contribution in [0.25, 0.3) is 0 Å². The number of nitrogens with zero attached hydrogens (tertiary/aromatic N) is 2. The van der Waals surface area contributed by atoms with Crippen molar-refractivity contribution < 1.29 is 18.4 Å². The topological polar surface area (TPSA) is 213 Å². The zero-order chi connectivity index (χ0) is 52.2. The van der Waals surface area contributed by atoms with Gasteiger partial charge in [-0.3, -0.25) is 19.6 Å². The molecule has 12 heteroatoms. The van der Waals surface area contributed by atoms with E-state index in [2.05, 4.69) is 114 Å². The third-order valence-electron chi connectivity index (χ3n) is 17.2. The lowest BCUT2D eigenvalue weighted by molar-refractivity contribution is 0.0905. The predicted octanol–water partition coefficient (Wildman–Crippen LogP) is 10.7. The number of carbonyl (C=O) groups is 2. The van der Waals surface area contributed by atoms with Gasteiger partial charge < -0.3 is 42.4 Å². The molecule has 0 saturated heterocycles. The first-order chi connectivity index (χ1) is 33.9. The Labute approximate surface area is 430 Å². The molecule has 2 aromatic heterocycles. The van der Waals surface area contributed by atoms with Crippen molar-refractivity contribution in [3.63, 3.8) is 0 Å². The molecule has 0 unspecified atom stereocenters. The van der Waals surface area contributed by atoms with E-state index in [4.69, 9.17) is 31.8 Å². The van der Waals surface area contributed by atoms with Gasteiger partial charge in [-0.2, -0.15) is 0 Å². The average Bonchev–Trinajstić information content (AvgIpc) is 4.01. The fourth-order valence-corrected chi connectivity index (χ4v) is 11.8. The van der Waals surface area contributed by atoms with Crippen LogP contribution in [0.4, 0.5) is 0 Å². The molecule has 2 amide bonds. The van der Waals surface area contributed by atoms with Gasteiger partial charge in [0.2, 0.25) is 0 Å². The summed E-state index contributed by atoms with van der Waals surface area (Å²) in [5.41, 5.74) is 33.5. The predicted molar refractivity (Wildman–Crippen MR) is 293 cm³/mol. The van der Waals surface area contributed by atoms with Crippen molar-refractivity contribution >= 4 is 23.7 Å². The van der Waals surface area contributed by atoms with Gasteiger partial charge in [-0.15, -0.1) is 0 Å². The summed E-state index contributed by atoms with van der Waals surface area (Å²) in [4.78, 5) is 33.8. The zero-order valence-electron chi connectivity index (χ0n) is 45.5. The second kappa shape index (κ2) is 22.3. The highest BCUT2D eigenvalue weighted by Gasteiger charge is 2.39. The number of fused-ring (bicyclic) bond motifs is 2. The van der Waals surface area contributed by atoms with Crippen LogP contribution in [0.2, 0.25) is 0 Å². The average molecular weight is 985 g/mol. The van der Waals surface area contributed by atoms with Crippen LogP contribution >= 0.6 is 0 Å². The monoisotopic (exact) mass is 985 g/mol. The van der Waals surface area contributed by atoms with Crippen LogP contribution in [0.5, 0.6) is 0 Å². The maximum absolute atomic E-state index is 12.8. The molecule has 0 radical (unpaired) electrons. The first-order valence-corrected chi connectivity index (χ1v) is 27.0. The molecule has 10 N–H and O–H groups in total. The fraction of sp³-hybridized carbons (Fsp3) is 0.600. The quantitative estimate of drug-likeness (QED) is 0.0527. The summed E-state index contributed by atoms with van der Waals surface area (Å²) in [5.74, 6) is 4.57. The molecule has 0 spiro atoms. The van der Waals surface area contributed by atoms with E-state index in [0.29, 0.717) is 74.2 Å². The highest BCUT2D eigenvalue weighted by atomic mass is 16.4. The summed E-state index contributed by atoms with van der Waals surface area (Å²) in [6.45, 7) is 26.0. The molecule has 4 aliphatic carbocycles. The van der Waals surface area contributed by atoms with E-state index in [1.54, 1.807) is 12.1 Å². The number of aryl methyl sites for hydroxylation is 2. The van der Waals surface area contributed by atoms with Crippen molar-refractivity contribution in [2.45, 2.75) is 181 Å². The maximum atomic E-state index is 12.8. The smallest absolute Gasteiger partial charge is 0.287 e. The minimum absolute atomic E-state index is 0.131. The van der Waals surface area contributed by atoms with Gasteiger partial charge in [0.15, 0.2) is 23.4 Å². The van der Waals surface area contributed by atoms with E-state index in [1.165, 1.54) is 70.2 Å². The molecule has 12 nitrogen and oxygen atoms in total. The van der Waals surface area contributed by atoms with E-state index < -0.39 is 0 Å². The number of amides is 2. The molecule has 0 bridgehead atoms. The van der Waals surface area contributed by atoms with Crippen LogP contribution in [0.1, 0.15) is 210 Å². The van der Waals surface area contributed by atoms with Crippen LogP contribution in [0, 0.1) is 37.5 Å². The maximum Gasteiger partial charge on any atom is 0.287 e. The molecule has 2 fully saturated rings. The molecule has 4 aromatic rings. The summed E-state index contributed by atoms with van der Waals surface area (Å²) in [6, 6.07) is 17.0. The third kappa shape index (κ3) is 13.5. The zero-order valence-corrected chi connectivity index (χ0v) is 45.5. The van der Waals surface area contributed by atoms with E-state index in [0.717, 1.165) is 62.9 Å². The Kier molecular flexibility index (Phi) is 16.8. The SMILES string of the molecule is Cc1cc2c(cc1Cc1ccc(C(=O)NCC3CCC(CN=C(N)N)CC3)o1)C(C)(C)CCC2(C)C.Cc1cc2c(cc1Cc1ccc(C(=O)NCC3CCC(CN=C(N)N)CC3)o1)C(C)(C)CCC2(C)C. The van der Waals surface area contributed by atoms with Crippen LogP contribution in [-0.4, -0.2) is 49.9 Å². The van der Waals surface area contributed by atoms with Gasteiger partial charge >= 0.3 is 0 Å². The van der Waals surface area contributed by atoms with Gasteiger partial charge in [0.1, 0.15) is 11.5 Å². The standard InChI is InChI=1S/2C30H44N4O2/c2*1-19-14-24-25(30(4,5)13-12-29(24,2)3)16-22(19)15-23-10-11-26(36-23)27(35)33-17-20-6-8-21(9-7-20)18-34-28(31)32/h2*10-11,14,16,20-21H,6-9,12-13,15,17-18H2,1-5H3,(H,33,35)(H4,31,32,34). The Hall–Kier alpha value is -5.52. The van der Waals surface area contributed by atoms with Gasteiger partial charge in [-0.05, 0) is 205 Å². The van der Waals surface area contributed by atoms with Gasteiger partial charge in [0, 0.05) is 39.0 Å². The highest BCUT2D eigenvalue weighted by Crippen LogP contribution is 2.48. The number of guanidine groups is 2. The lowest BCUT2D eigenvalue weighted by Gasteiger charge is -2.42. The number of hydrogen-bond acceptors (Lipinski definition) is 6. The molecule has 72 heavy (non-hydrogen) atoms. The number of nitrogens with one attached hydrogen (secondary N) is 2. The Morgan fingerprint density at radius 2 is 0.806 bits per heavy atom. The van der Waals surface area contributed by atoms with Gasteiger partial charge in [-0.25, -0.2) is 0 Å². The normalized spacial score (nSPS) is 22.5. The minimum Gasteiger partial charge on any atom is -0.456 e. The fourth-order valence-electron chi connectivity index (χ4n) is 11.8. The molecule has 0 aliphatic heterocycles. The number of rotatable bonds is 14. The summed E-state index contributed by atoms with van der Waals surface area (Å²) in [7, 11) is 0. The van der Waals surface area contributed by atoms with Gasteiger partial charge in [0.05, 0.1) is 0 Å². The van der Waals surface area contributed by atoms with E-state index in [-0.39, 0.29) is 45.4 Å². The lowest BCUT2D eigenvalue weighted by atomic mass is 9.62. The largest absolute Gasteiger partial charge is 0.456 e. The van der Waals surface area contributed by atoms with Crippen LogP contribution in [-0.2, 0) is 34.5 Å². The molecule has 0 atom stereocenters. The first kappa shape index (κ1) is 54.3. The molecule has 2 saturated carbocycles. The Balaban J connectivity index is 0.000000211. The Bertz CT molecular complexity index is 2410. The number of aliphatic imine (C=N–C) groups is 2. The number of benzene rings is 2. The molecule has 2 aromatic carbocycles. The second-order valence-corrected chi connectivity index (χ2v) is 24.8. The molecular formula is C60H88N8O4. The molecule has 4 aliphatic rings. The Morgan fingerprint density at radius 1 is 0.500 bits per heavy atom. The summed E-state index contributed by atoms with van der Waals surface area (Å²) in [5, 5.41) is 6.17. The number of furan rings is 2. The van der Waals surface area contributed by atoms with E-state index >= 15 is 0 Å². The summed E-state index contributed by atoms with van der Waals surface area (Å²) in [6.07, 6.45) is 14.9. The Morgan fingerprint density at radius 3 is 1.12 bits per heavy atom. The highest BCUT2D eigenvalue weighted by molar-refractivity contribution is 5.92. The first-order valence-electron chi connectivity index (χ1n) is 27.0. The lowest BCUT2D eigenvalue weighted by Crippen LogP contribution is -2.34. The molecule has 8 rings (SSSR count). The van der Waals surface area contributed by atoms with Gasteiger partial charge in [-0.1, -0.05) is 79.7 Å². The summed E-state index contributed by atoms with van der Waals surface area (Å²) >= 11 is 0.